The second-order valence-corrected chi connectivity index (χ2v) is 5.89. The minimum Gasteiger partial charge on any atom is -0.507 e. The van der Waals surface area contributed by atoms with Gasteiger partial charge in [-0.3, -0.25) is 0 Å². The Labute approximate surface area is 152 Å². The van der Waals surface area contributed by atoms with E-state index in [1.807, 2.05) is 24.3 Å². The first-order valence-electron chi connectivity index (χ1n) is 8.62. The number of phenols is 1. The van der Waals surface area contributed by atoms with Gasteiger partial charge in [0.05, 0.1) is 13.2 Å². The number of phenolic OH excluding ortho intramolecular Hbond substituents is 1. The van der Waals surface area contributed by atoms with Gasteiger partial charge in [0.2, 0.25) is 0 Å². The molecule has 0 unspecified atom stereocenters. The van der Waals surface area contributed by atoms with Crippen LogP contribution >= 0.6 is 0 Å². The van der Waals surface area contributed by atoms with Crippen molar-refractivity contribution in [1.29, 1.82) is 0 Å². The molecule has 5 heteroatoms. The molecule has 0 saturated heterocycles. The first-order chi connectivity index (χ1) is 12.7. The molecule has 3 rings (SSSR count). The molecule has 2 aromatic carbocycles. The molecule has 136 valence electrons. The highest BCUT2D eigenvalue weighted by molar-refractivity contribution is 5.96. The van der Waals surface area contributed by atoms with Gasteiger partial charge in [0.1, 0.15) is 24.7 Å². The van der Waals surface area contributed by atoms with E-state index in [0.29, 0.717) is 32.0 Å². The normalized spacial score (nSPS) is 12.6. The van der Waals surface area contributed by atoms with Gasteiger partial charge in [-0.2, -0.15) is 0 Å². The second-order valence-electron chi connectivity index (χ2n) is 5.89. The average molecular weight is 354 g/mol. The Balaban J connectivity index is 1.66. The van der Waals surface area contributed by atoms with Gasteiger partial charge in [0.25, 0.3) is 0 Å². The summed E-state index contributed by atoms with van der Waals surface area (Å²) in [6.45, 7) is 4.58. The van der Waals surface area contributed by atoms with E-state index in [-0.39, 0.29) is 6.61 Å². The fraction of sp³-hybridized carbons (Fsp3) is 0.286. The Bertz CT molecular complexity index is 838. The first-order valence-corrected chi connectivity index (χ1v) is 8.62. The van der Waals surface area contributed by atoms with Gasteiger partial charge in [0, 0.05) is 28.0 Å². The first kappa shape index (κ1) is 18.0. The lowest BCUT2D eigenvalue weighted by molar-refractivity contribution is -0.139. The van der Waals surface area contributed by atoms with Crippen molar-refractivity contribution in [3.05, 3.63) is 60.2 Å². The quantitative estimate of drug-likeness (QED) is 0.341. The predicted octanol–water partition coefficient (Wildman–Crippen LogP) is 3.32. The zero-order valence-electron chi connectivity index (χ0n) is 14.6. The molecule has 1 aliphatic carbocycles. The van der Waals surface area contributed by atoms with Crippen molar-refractivity contribution in [3.63, 3.8) is 0 Å². The number of rotatable bonds is 8. The Morgan fingerprint density at radius 2 is 1.73 bits per heavy atom. The number of allylic oxidation sites excluding steroid dienone is 2. The molecule has 2 aromatic rings. The van der Waals surface area contributed by atoms with Crippen molar-refractivity contribution < 1.29 is 24.1 Å². The van der Waals surface area contributed by atoms with Crippen LogP contribution in [-0.4, -0.2) is 37.5 Å². The lowest BCUT2D eigenvalue weighted by atomic mass is 9.91. The SMILES string of the molecule is C=CC(=O)OCCOCCOc1c2c(c(O)c3ccccc13)CC=CC2. The lowest BCUT2D eigenvalue weighted by Gasteiger charge is -2.21. The zero-order chi connectivity index (χ0) is 18.4. The van der Waals surface area contributed by atoms with Gasteiger partial charge in [-0.1, -0.05) is 43.0 Å². The molecule has 0 saturated carbocycles. The van der Waals surface area contributed by atoms with Crippen LogP contribution in [0.15, 0.2) is 49.1 Å². The molecule has 0 aromatic heterocycles. The van der Waals surface area contributed by atoms with Gasteiger partial charge in [-0.05, 0) is 12.8 Å². The van der Waals surface area contributed by atoms with Crippen LogP contribution < -0.4 is 4.74 Å². The molecule has 0 fully saturated rings. The Morgan fingerprint density at radius 3 is 2.50 bits per heavy atom. The monoisotopic (exact) mass is 354 g/mol. The topological polar surface area (TPSA) is 65.0 Å². The third-order valence-corrected chi connectivity index (χ3v) is 4.27. The molecule has 1 N–H and O–H groups in total. The fourth-order valence-corrected chi connectivity index (χ4v) is 3.06. The molecule has 1 aliphatic rings. The van der Waals surface area contributed by atoms with Crippen LogP contribution in [0.1, 0.15) is 11.1 Å². The van der Waals surface area contributed by atoms with E-state index >= 15 is 0 Å². The highest BCUT2D eigenvalue weighted by Crippen LogP contribution is 2.42. The van der Waals surface area contributed by atoms with E-state index in [4.69, 9.17) is 14.2 Å². The van der Waals surface area contributed by atoms with Gasteiger partial charge >= 0.3 is 5.97 Å². The molecule has 0 atom stereocenters. The van der Waals surface area contributed by atoms with E-state index in [1.165, 1.54) is 0 Å². The molecule has 26 heavy (non-hydrogen) atoms. The highest BCUT2D eigenvalue weighted by Gasteiger charge is 2.20. The number of esters is 1. The Hall–Kier alpha value is -2.79. The van der Waals surface area contributed by atoms with E-state index in [9.17, 15) is 9.90 Å². The predicted molar refractivity (Wildman–Crippen MR) is 99.6 cm³/mol. The van der Waals surface area contributed by atoms with Crippen LogP contribution in [0.25, 0.3) is 10.8 Å². The van der Waals surface area contributed by atoms with Crippen molar-refractivity contribution in [3.8, 4) is 11.5 Å². The summed E-state index contributed by atoms with van der Waals surface area (Å²) in [5.74, 6) is 0.687. The molecule has 0 radical (unpaired) electrons. The maximum absolute atomic E-state index is 10.9. The Kier molecular flexibility index (Phi) is 5.92. The summed E-state index contributed by atoms with van der Waals surface area (Å²) in [5, 5.41) is 12.3. The van der Waals surface area contributed by atoms with Gasteiger partial charge in [0.15, 0.2) is 0 Å². The van der Waals surface area contributed by atoms with Gasteiger partial charge in [-0.25, -0.2) is 4.79 Å². The molecular formula is C21H22O5. The minimum atomic E-state index is -0.458. The average Bonchev–Trinajstić information content (AvgIpc) is 2.69. The second kappa shape index (κ2) is 8.54. The maximum Gasteiger partial charge on any atom is 0.330 e. The van der Waals surface area contributed by atoms with Crippen LogP contribution in [-0.2, 0) is 27.1 Å². The standard InChI is InChI=1S/C21H22O5/c1-2-19(22)25-13-11-24-12-14-26-21-17-9-5-3-7-15(17)20(23)16-8-4-6-10-18(16)21/h2-7,9,23H,1,8,10-14H2. The third-order valence-electron chi connectivity index (χ3n) is 4.27. The Morgan fingerprint density at radius 1 is 1.04 bits per heavy atom. The fourth-order valence-electron chi connectivity index (χ4n) is 3.06. The number of aromatic hydroxyl groups is 1. The van der Waals surface area contributed by atoms with Crippen molar-refractivity contribution in [2.24, 2.45) is 0 Å². The van der Waals surface area contributed by atoms with Gasteiger partial charge in [-0.15, -0.1) is 0 Å². The summed E-state index contributed by atoms with van der Waals surface area (Å²) < 4.78 is 16.3. The van der Waals surface area contributed by atoms with Crippen molar-refractivity contribution in [2.45, 2.75) is 12.8 Å². The molecule has 0 aliphatic heterocycles. The molecule has 5 nitrogen and oxygen atoms in total. The number of fused-ring (bicyclic) bond motifs is 2. The lowest BCUT2D eigenvalue weighted by Crippen LogP contribution is -2.13. The van der Waals surface area contributed by atoms with E-state index in [1.54, 1.807) is 0 Å². The van der Waals surface area contributed by atoms with Crippen molar-refractivity contribution in [1.82, 2.24) is 0 Å². The summed E-state index contributed by atoms with van der Waals surface area (Å²) in [7, 11) is 0. The summed E-state index contributed by atoms with van der Waals surface area (Å²) in [4.78, 5) is 10.9. The number of ether oxygens (including phenoxy) is 3. The van der Waals surface area contributed by atoms with E-state index in [0.717, 1.165) is 40.1 Å². The summed E-state index contributed by atoms with van der Waals surface area (Å²) >= 11 is 0. The number of carbonyl (C=O) groups is 1. The molecule has 0 spiro atoms. The van der Waals surface area contributed by atoms with Gasteiger partial charge < -0.3 is 19.3 Å². The van der Waals surface area contributed by atoms with Crippen LogP contribution in [0.5, 0.6) is 11.5 Å². The van der Waals surface area contributed by atoms with Crippen LogP contribution in [0.4, 0.5) is 0 Å². The van der Waals surface area contributed by atoms with Crippen LogP contribution in [0.2, 0.25) is 0 Å². The summed E-state index contributed by atoms with van der Waals surface area (Å²) in [6.07, 6.45) is 6.72. The zero-order valence-corrected chi connectivity index (χ0v) is 14.6. The van der Waals surface area contributed by atoms with Crippen molar-refractivity contribution in [2.75, 3.05) is 26.4 Å². The number of hydrogen-bond donors (Lipinski definition) is 1. The maximum atomic E-state index is 10.9. The highest BCUT2D eigenvalue weighted by atomic mass is 16.6. The largest absolute Gasteiger partial charge is 0.507 e. The summed E-state index contributed by atoms with van der Waals surface area (Å²) in [5.41, 5.74) is 1.96. The number of carbonyl (C=O) groups excluding carboxylic acids is 1. The minimum absolute atomic E-state index is 0.188. The van der Waals surface area contributed by atoms with Crippen LogP contribution in [0.3, 0.4) is 0 Å². The third kappa shape index (κ3) is 3.89. The number of hydrogen-bond acceptors (Lipinski definition) is 5. The van der Waals surface area contributed by atoms with E-state index < -0.39 is 5.97 Å². The molecule has 0 amide bonds. The molecule has 0 bridgehead atoms. The molecule has 0 heterocycles. The van der Waals surface area contributed by atoms with E-state index in [2.05, 4.69) is 18.7 Å². The smallest absolute Gasteiger partial charge is 0.330 e. The molecular weight excluding hydrogens is 332 g/mol. The summed E-state index contributed by atoms with van der Waals surface area (Å²) in [6, 6.07) is 7.70. The number of benzene rings is 2. The van der Waals surface area contributed by atoms with Crippen molar-refractivity contribution >= 4 is 16.7 Å². The van der Waals surface area contributed by atoms with Crippen LogP contribution in [0, 0.1) is 0 Å².